The molecule has 5 rings (SSSR count). The smallest absolute Gasteiger partial charge is 0.255 e. The van der Waals surface area contributed by atoms with Crippen LogP contribution in [0.2, 0.25) is 0 Å². The average Bonchev–Trinajstić information content (AvgIpc) is 3.40. The van der Waals surface area contributed by atoms with E-state index in [1.807, 2.05) is 17.9 Å². The van der Waals surface area contributed by atoms with Crippen LogP contribution in [-0.2, 0) is 6.54 Å². The van der Waals surface area contributed by atoms with Gasteiger partial charge in [0.25, 0.3) is 5.91 Å². The van der Waals surface area contributed by atoms with E-state index in [2.05, 4.69) is 50.4 Å². The molecule has 4 heterocycles. The van der Waals surface area contributed by atoms with Crippen LogP contribution in [0.3, 0.4) is 0 Å². The average molecular weight is 418 g/mol. The molecule has 0 aliphatic carbocycles. The Morgan fingerprint density at radius 1 is 1.13 bits per heavy atom. The van der Waals surface area contributed by atoms with Crippen LogP contribution in [0.5, 0.6) is 0 Å². The summed E-state index contributed by atoms with van der Waals surface area (Å²) in [6.45, 7) is 6.08. The molecule has 2 aliphatic rings. The highest BCUT2D eigenvalue weighted by Crippen LogP contribution is 2.49. The lowest BCUT2D eigenvalue weighted by Crippen LogP contribution is -2.43. The molecule has 3 aromatic rings. The Hall–Kier alpha value is -3.06. The van der Waals surface area contributed by atoms with Gasteiger partial charge < -0.3 is 9.32 Å². The van der Waals surface area contributed by atoms with Crippen molar-refractivity contribution in [3.05, 3.63) is 77.8 Å². The molecule has 1 spiro atoms. The quantitative estimate of drug-likeness (QED) is 0.648. The second-order valence-electron chi connectivity index (χ2n) is 8.76. The monoisotopic (exact) mass is 417 g/mol. The molecule has 0 bridgehead atoms. The standard InChI is InChI=1S/C24H27N5O2/c1-18-26-27-22(31-18)21-16-29(23(30)20-8-5-11-25-14-20)17-24(21)9-12-28(13-10-24)15-19-6-3-2-4-7-19/h2-8,11,14,21H,9-10,12-13,15-17H2,1H3. The summed E-state index contributed by atoms with van der Waals surface area (Å²) < 4.78 is 5.87. The van der Waals surface area contributed by atoms with E-state index >= 15 is 0 Å². The molecular weight excluding hydrogens is 390 g/mol. The molecule has 0 radical (unpaired) electrons. The first-order valence-corrected chi connectivity index (χ1v) is 10.9. The third-order valence-corrected chi connectivity index (χ3v) is 6.78. The summed E-state index contributed by atoms with van der Waals surface area (Å²) in [6, 6.07) is 14.2. The van der Waals surface area contributed by atoms with E-state index in [1.54, 1.807) is 18.5 Å². The number of hydrogen-bond donors (Lipinski definition) is 0. The third-order valence-electron chi connectivity index (χ3n) is 6.78. The highest BCUT2D eigenvalue weighted by Gasteiger charge is 2.52. The molecule has 31 heavy (non-hydrogen) atoms. The van der Waals surface area contributed by atoms with Gasteiger partial charge in [0.1, 0.15) is 0 Å². The number of piperidine rings is 1. The molecule has 0 saturated carbocycles. The second kappa shape index (κ2) is 8.23. The van der Waals surface area contributed by atoms with Gasteiger partial charge in [-0.1, -0.05) is 30.3 Å². The first kappa shape index (κ1) is 19.9. The molecule has 1 amide bonds. The van der Waals surface area contributed by atoms with Crippen LogP contribution in [0.25, 0.3) is 0 Å². The van der Waals surface area contributed by atoms with Gasteiger partial charge in [0.2, 0.25) is 11.8 Å². The Morgan fingerprint density at radius 2 is 1.94 bits per heavy atom. The number of nitrogens with zero attached hydrogens (tertiary/aromatic N) is 5. The third kappa shape index (κ3) is 3.97. The van der Waals surface area contributed by atoms with E-state index in [0.29, 0.717) is 30.4 Å². The highest BCUT2D eigenvalue weighted by atomic mass is 16.4. The summed E-state index contributed by atoms with van der Waals surface area (Å²) in [7, 11) is 0. The molecule has 1 aromatic carbocycles. The van der Waals surface area contributed by atoms with E-state index in [4.69, 9.17) is 4.42 Å². The van der Waals surface area contributed by atoms with E-state index in [0.717, 1.165) is 32.5 Å². The summed E-state index contributed by atoms with van der Waals surface area (Å²) in [5, 5.41) is 8.42. The topological polar surface area (TPSA) is 75.4 Å². The number of aromatic nitrogens is 3. The van der Waals surface area contributed by atoms with Crippen molar-refractivity contribution >= 4 is 5.91 Å². The van der Waals surface area contributed by atoms with Crippen molar-refractivity contribution in [2.75, 3.05) is 26.2 Å². The fourth-order valence-corrected chi connectivity index (χ4v) is 5.09. The Kier molecular flexibility index (Phi) is 5.28. The van der Waals surface area contributed by atoms with Crippen molar-refractivity contribution in [2.24, 2.45) is 5.41 Å². The van der Waals surface area contributed by atoms with Gasteiger partial charge >= 0.3 is 0 Å². The number of benzene rings is 1. The Balaban J connectivity index is 1.36. The summed E-state index contributed by atoms with van der Waals surface area (Å²) >= 11 is 0. The van der Waals surface area contributed by atoms with Crippen LogP contribution in [0.1, 0.15) is 46.5 Å². The van der Waals surface area contributed by atoms with Crippen molar-refractivity contribution in [3.8, 4) is 0 Å². The predicted molar refractivity (Wildman–Crippen MR) is 115 cm³/mol. The van der Waals surface area contributed by atoms with E-state index < -0.39 is 0 Å². The van der Waals surface area contributed by atoms with Crippen LogP contribution in [0, 0.1) is 12.3 Å². The van der Waals surface area contributed by atoms with Crippen LogP contribution < -0.4 is 0 Å². The lowest BCUT2D eigenvalue weighted by molar-refractivity contribution is 0.0688. The van der Waals surface area contributed by atoms with Gasteiger partial charge in [0.05, 0.1) is 11.5 Å². The molecule has 1 unspecified atom stereocenters. The minimum atomic E-state index is -0.0377. The molecule has 2 saturated heterocycles. The Bertz CT molecular complexity index is 1030. The lowest BCUT2D eigenvalue weighted by Gasteiger charge is -2.41. The van der Waals surface area contributed by atoms with Gasteiger partial charge in [-0.15, -0.1) is 10.2 Å². The van der Waals surface area contributed by atoms with E-state index in [9.17, 15) is 4.79 Å². The number of pyridine rings is 1. The van der Waals surface area contributed by atoms with Crippen LogP contribution in [0.4, 0.5) is 0 Å². The maximum atomic E-state index is 13.2. The molecule has 7 heteroatoms. The SMILES string of the molecule is Cc1nnc(C2CN(C(=O)c3cccnc3)CC23CCN(Cc2ccccc2)CC3)o1. The van der Waals surface area contributed by atoms with Crippen molar-refractivity contribution in [1.82, 2.24) is 25.0 Å². The maximum Gasteiger partial charge on any atom is 0.255 e. The maximum absolute atomic E-state index is 13.2. The van der Waals surface area contributed by atoms with Crippen LogP contribution in [0.15, 0.2) is 59.3 Å². The lowest BCUT2D eigenvalue weighted by atomic mass is 9.70. The van der Waals surface area contributed by atoms with Crippen molar-refractivity contribution in [3.63, 3.8) is 0 Å². The van der Waals surface area contributed by atoms with E-state index in [1.165, 1.54) is 5.56 Å². The zero-order valence-corrected chi connectivity index (χ0v) is 17.8. The van der Waals surface area contributed by atoms with Gasteiger partial charge in [-0.05, 0) is 43.6 Å². The fourth-order valence-electron chi connectivity index (χ4n) is 5.09. The molecule has 2 aliphatic heterocycles. The predicted octanol–water partition coefficient (Wildman–Crippen LogP) is 3.30. The van der Waals surface area contributed by atoms with E-state index in [-0.39, 0.29) is 17.2 Å². The zero-order chi connectivity index (χ0) is 21.3. The molecule has 2 fully saturated rings. The molecular formula is C24H27N5O2. The summed E-state index contributed by atoms with van der Waals surface area (Å²) in [6.07, 6.45) is 5.34. The first-order chi connectivity index (χ1) is 15.1. The van der Waals surface area contributed by atoms with Crippen molar-refractivity contribution in [2.45, 2.75) is 32.2 Å². The van der Waals surface area contributed by atoms with Gasteiger partial charge in [-0.25, -0.2) is 0 Å². The second-order valence-corrected chi connectivity index (χ2v) is 8.76. The Morgan fingerprint density at radius 3 is 2.61 bits per heavy atom. The van der Waals surface area contributed by atoms with Crippen LogP contribution in [-0.4, -0.2) is 57.1 Å². The summed E-state index contributed by atoms with van der Waals surface area (Å²) in [5.74, 6) is 1.32. The van der Waals surface area contributed by atoms with Crippen LogP contribution >= 0.6 is 0 Å². The number of hydrogen-bond acceptors (Lipinski definition) is 6. The number of rotatable bonds is 4. The summed E-state index contributed by atoms with van der Waals surface area (Å²) in [5.41, 5.74) is 1.92. The van der Waals surface area contributed by atoms with Gasteiger partial charge in [0, 0.05) is 44.4 Å². The molecule has 7 nitrogen and oxygen atoms in total. The number of likely N-dealkylation sites (tertiary alicyclic amines) is 2. The number of aryl methyl sites for hydroxylation is 1. The minimum absolute atomic E-state index is 0.0259. The molecule has 160 valence electrons. The normalized spacial score (nSPS) is 20.9. The number of carbonyl (C=O) groups excluding carboxylic acids is 1. The zero-order valence-electron chi connectivity index (χ0n) is 17.8. The summed E-state index contributed by atoms with van der Waals surface area (Å²) in [4.78, 5) is 21.7. The molecule has 2 aromatic heterocycles. The fraction of sp³-hybridized carbons (Fsp3) is 0.417. The van der Waals surface area contributed by atoms with Crippen molar-refractivity contribution in [1.29, 1.82) is 0 Å². The largest absolute Gasteiger partial charge is 0.425 e. The first-order valence-electron chi connectivity index (χ1n) is 10.9. The number of amides is 1. The number of carbonyl (C=O) groups is 1. The Labute approximate surface area is 182 Å². The van der Waals surface area contributed by atoms with Gasteiger partial charge in [-0.3, -0.25) is 14.7 Å². The van der Waals surface area contributed by atoms with Gasteiger partial charge in [-0.2, -0.15) is 0 Å². The molecule has 1 atom stereocenters. The highest BCUT2D eigenvalue weighted by molar-refractivity contribution is 5.94. The van der Waals surface area contributed by atoms with Gasteiger partial charge in [0.15, 0.2) is 0 Å². The molecule has 0 N–H and O–H groups in total. The van der Waals surface area contributed by atoms with Crippen molar-refractivity contribution < 1.29 is 9.21 Å². The minimum Gasteiger partial charge on any atom is -0.425 e.